The standard InChI is InChI=1S/C12H18FNO2/c1-12(9-15,14-2)7-8-16-11-5-3-10(13)4-6-11/h3-6,14-15H,7-9H2,1-2H3. The summed E-state index contributed by atoms with van der Waals surface area (Å²) in [6, 6.07) is 5.90. The Hall–Kier alpha value is -1.13. The summed E-state index contributed by atoms with van der Waals surface area (Å²) < 4.78 is 18.1. The van der Waals surface area contributed by atoms with Gasteiger partial charge in [0.05, 0.1) is 13.2 Å². The fraction of sp³-hybridized carbons (Fsp3) is 0.500. The summed E-state index contributed by atoms with van der Waals surface area (Å²) in [5.41, 5.74) is -0.333. The fourth-order valence-corrected chi connectivity index (χ4v) is 1.21. The molecule has 0 aliphatic carbocycles. The van der Waals surface area contributed by atoms with Crippen LogP contribution in [0.3, 0.4) is 0 Å². The van der Waals surface area contributed by atoms with Gasteiger partial charge in [0.2, 0.25) is 0 Å². The van der Waals surface area contributed by atoms with Gasteiger partial charge in [0.25, 0.3) is 0 Å². The highest BCUT2D eigenvalue weighted by Gasteiger charge is 2.20. The minimum Gasteiger partial charge on any atom is -0.494 e. The van der Waals surface area contributed by atoms with Crippen molar-refractivity contribution in [1.82, 2.24) is 5.32 Å². The molecule has 0 aliphatic rings. The Bertz CT molecular complexity index is 309. The maximum atomic E-state index is 12.6. The highest BCUT2D eigenvalue weighted by Crippen LogP contribution is 2.13. The van der Waals surface area contributed by atoms with Gasteiger partial charge < -0.3 is 15.2 Å². The Morgan fingerprint density at radius 2 is 2.00 bits per heavy atom. The van der Waals surface area contributed by atoms with Gasteiger partial charge in [0.1, 0.15) is 11.6 Å². The lowest BCUT2D eigenvalue weighted by atomic mass is 10.0. The van der Waals surface area contributed by atoms with E-state index < -0.39 is 0 Å². The van der Waals surface area contributed by atoms with Crippen LogP contribution in [0.15, 0.2) is 24.3 Å². The molecule has 16 heavy (non-hydrogen) atoms. The minimum atomic E-state index is -0.333. The van der Waals surface area contributed by atoms with E-state index in [0.717, 1.165) is 0 Å². The summed E-state index contributed by atoms with van der Waals surface area (Å²) >= 11 is 0. The number of aliphatic hydroxyl groups is 1. The minimum absolute atomic E-state index is 0.0519. The summed E-state index contributed by atoms with van der Waals surface area (Å²) in [7, 11) is 1.80. The number of rotatable bonds is 6. The van der Waals surface area contributed by atoms with Crippen LogP contribution in [0.1, 0.15) is 13.3 Å². The second-order valence-electron chi connectivity index (χ2n) is 4.02. The molecule has 1 aromatic carbocycles. The molecule has 0 fully saturated rings. The summed E-state index contributed by atoms with van der Waals surface area (Å²) in [4.78, 5) is 0. The average Bonchev–Trinajstić information content (AvgIpc) is 2.31. The van der Waals surface area contributed by atoms with Crippen molar-refractivity contribution >= 4 is 0 Å². The molecule has 0 amide bonds. The average molecular weight is 227 g/mol. The number of aliphatic hydroxyl groups excluding tert-OH is 1. The molecule has 1 unspecified atom stereocenters. The molecule has 1 atom stereocenters. The number of hydrogen-bond acceptors (Lipinski definition) is 3. The maximum absolute atomic E-state index is 12.6. The van der Waals surface area contributed by atoms with Crippen LogP contribution in [-0.4, -0.2) is 30.9 Å². The first-order valence-corrected chi connectivity index (χ1v) is 5.28. The van der Waals surface area contributed by atoms with Gasteiger partial charge in [-0.05, 0) is 38.2 Å². The molecule has 0 radical (unpaired) electrons. The Labute approximate surface area is 95.2 Å². The Kier molecular flexibility index (Phi) is 4.71. The third kappa shape index (κ3) is 3.79. The maximum Gasteiger partial charge on any atom is 0.123 e. The summed E-state index contributed by atoms with van der Waals surface area (Å²) in [6.07, 6.45) is 0.678. The van der Waals surface area contributed by atoms with Gasteiger partial charge in [0, 0.05) is 12.0 Å². The first kappa shape index (κ1) is 12.9. The van der Waals surface area contributed by atoms with Crippen molar-refractivity contribution in [2.75, 3.05) is 20.3 Å². The molecular formula is C12H18FNO2. The number of nitrogens with one attached hydrogen (secondary N) is 1. The molecule has 1 aromatic rings. The van der Waals surface area contributed by atoms with Gasteiger partial charge in [-0.1, -0.05) is 0 Å². The zero-order valence-corrected chi connectivity index (χ0v) is 9.66. The van der Waals surface area contributed by atoms with Crippen LogP contribution in [0.2, 0.25) is 0 Å². The molecule has 90 valence electrons. The van der Waals surface area contributed by atoms with Crippen LogP contribution in [0.25, 0.3) is 0 Å². The van der Waals surface area contributed by atoms with Crippen molar-refractivity contribution in [1.29, 1.82) is 0 Å². The first-order chi connectivity index (χ1) is 7.59. The van der Waals surface area contributed by atoms with Crippen molar-refractivity contribution in [3.05, 3.63) is 30.1 Å². The Morgan fingerprint density at radius 1 is 1.38 bits per heavy atom. The van der Waals surface area contributed by atoms with Crippen LogP contribution in [0.4, 0.5) is 4.39 Å². The number of halogens is 1. The van der Waals surface area contributed by atoms with Crippen molar-refractivity contribution in [3.63, 3.8) is 0 Å². The number of likely N-dealkylation sites (N-methyl/N-ethyl adjacent to an activating group) is 1. The van der Waals surface area contributed by atoms with Gasteiger partial charge in [-0.15, -0.1) is 0 Å². The van der Waals surface area contributed by atoms with Gasteiger partial charge in [-0.2, -0.15) is 0 Å². The van der Waals surface area contributed by atoms with Crippen molar-refractivity contribution in [2.45, 2.75) is 18.9 Å². The van der Waals surface area contributed by atoms with Crippen molar-refractivity contribution in [2.24, 2.45) is 0 Å². The van der Waals surface area contributed by atoms with Crippen molar-refractivity contribution in [3.8, 4) is 5.75 Å². The molecule has 0 bridgehead atoms. The lowest BCUT2D eigenvalue weighted by Gasteiger charge is -2.26. The van der Waals surface area contributed by atoms with Crippen LogP contribution in [0, 0.1) is 5.82 Å². The van der Waals surface area contributed by atoms with Crippen LogP contribution >= 0.6 is 0 Å². The predicted octanol–water partition coefficient (Wildman–Crippen LogP) is 1.56. The second kappa shape index (κ2) is 5.82. The van der Waals surface area contributed by atoms with E-state index >= 15 is 0 Å². The topological polar surface area (TPSA) is 41.5 Å². The molecule has 3 nitrogen and oxygen atoms in total. The quantitative estimate of drug-likeness (QED) is 0.775. The Balaban J connectivity index is 2.38. The van der Waals surface area contributed by atoms with Crippen LogP contribution < -0.4 is 10.1 Å². The third-order valence-corrected chi connectivity index (χ3v) is 2.69. The Morgan fingerprint density at radius 3 is 2.50 bits per heavy atom. The number of hydrogen-bond donors (Lipinski definition) is 2. The number of ether oxygens (including phenoxy) is 1. The summed E-state index contributed by atoms with van der Waals surface area (Å²) in [5, 5.41) is 12.2. The molecule has 0 heterocycles. The van der Waals surface area contributed by atoms with Gasteiger partial charge >= 0.3 is 0 Å². The fourth-order valence-electron chi connectivity index (χ4n) is 1.21. The van der Waals surface area contributed by atoms with E-state index in [1.165, 1.54) is 12.1 Å². The van der Waals surface area contributed by atoms with Crippen LogP contribution in [-0.2, 0) is 0 Å². The number of benzene rings is 1. The predicted molar refractivity (Wildman–Crippen MR) is 61.1 cm³/mol. The molecule has 0 spiro atoms. The molecule has 0 aliphatic heterocycles. The smallest absolute Gasteiger partial charge is 0.123 e. The molecule has 0 saturated heterocycles. The highest BCUT2D eigenvalue weighted by molar-refractivity contribution is 5.21. The molecule has 0 aromatic heterocycles. The first-order valence-electron chi connectivity index (χ1n) is 5.28. The van der Waals surface area contributed by atoms with E-state index in [4.69, 9.17) is 9.84 Å². The van der Waals surface area contributed by atoms with E-state index in [-0.39, 0.29) is 18.0 Å². The highest BCUT2D eigenvalue weighted by atomic mass is 19.1. The molecule has 1 rings (SSSR count). The largest absolute Gasteiger partial charge is 0.494 e. The SMILES string of the molecule is CNC(C)(CO)CCOc1ccc(F)cc1. The van der Waals surface area contributed by atoms with E-state index in [2.05, 4.69) is 5.32 Å². The van der Waals surface area contributed by atoms with Gasteiger partial charge in [0.15, 0.2) is 0 Å². The molecule has 0 saturated carbocycles. The van der Waals surface area contributed by atoms with Crippen molar-refractivity contribution < 1.29 is 14.2 Å². The lowest BCUT2D eigenvalue weighted by Crippen LogP contribution is -2.44. The normalized spacial score (nSPS) is 14.5. The molecule has 2 N–H and O–H groups in total. The lowest BCUT2D eigenvalue weighted by molar-refractivity contribution is 0.151. The van der Waals surface area contributed by atoms with E-state index in [0.29, 0.717) is 18.8 Å². The summed E-state index contributed by atoms with van der Waals surface area (Å²) in [5.74, 6) is 0.362. The van der Waals surface area contributed by atoms with Gasteiger partial charge in [-0.3, -0.25) is 0 Å². The molecule has 4 heteroatoms. The van der Waals surface area contributed by atoms with E-state index in [9.17, 15) is 4.39 Å². The third-order valence-electron chi connectivity index (χ3n) is 2.69. The van der Waals surface area contributed by atoms with Gasteiger partial charge in [-0.25, -0.2) is 4.39 Å². The van der Waals surface area contributed by atoms with E-state index in [1.54, 1.807) is 19.2 Å². The zero-order chi connectivity index (χ0) is 12.0. The second-order valence-corrected chi connectivity index (χ2v) is 4.02. The monoisotopic (exact) mass is 227 g/mol. The van der Waals surface area contributed by atoms with E-state index in [1.807, 2.05) is 6.92 Å². The zero-order valence-electron chi connectivity index (χ0n) is 9.66. The summed E-state index contributed by atoms with van der Waals surface area (Å²) in [6.45, 7) is 2.45. The van der Waals surface area contributed by atoms with Crippen LogP contribution in [0.5, 0.6) is 5.75 Å². The molecular weight excluding hydrogens is 209 g/mol.